The lowest BCUT2D eigenvalue weighted by Crippen LogP contribution is -2.28. The number of rotatable bonds is 4. The van der Waals surface area contributed by atoms with Gasteiger partial charge in [-0.1, -0.05) is 13.0 Å². The van der Waals surface area contributed by atoms with Crippen molar-refractivity contribution in [2.45, 2.75) is 24.9 Å². The highest BCUT2D eigenvalue weighted by Crippen LogP contribution is 2.31. The van der Waals surface area contributed by atoms with E-state index in [1.165, 1.54) is 38.2 Å². The Morgan fingerprint density at radius 2 is 1.65 bits per heavy atom. The molecule has 0 aliphatic heterocycles. The molecule has 0 atom stereocenters. The van der Waals surface area contributed by atoms with Gasteiger partial charge in [-0.05, 0) is 48.9 Å². The zero-order valence-corrected chi connectivity index (χ0v) is 15.3. The van der Waals surface area contributed by atoms with Crippen LogP contribution < -0.4 is 4.90 Å². The largest absolute Gasteiger partial charge is 0.416 e. The van der Waals surface area contributed by atoms with Gasteiger partial charge in [0.1, 0.15) is 0 Å². The third-order valence-electron chi connectivity index (χ3n) is 3.97. The van der Waals surface area contributed by atoms with Gasteiger partial charge in [0.15, 0.2) is 9.84 Å². The molecule has 0 heterocycles. The zero-order valence-electron chi connectivity index (χ0n) is 14.5. The van der Waals surface area contributed by atoms with Gasteiger partial charge in [-0.15, -0.1) is 0 Å². The molecule has 0 aromatic heterocycles. The maximum absolute atomic E-state index is 12.8. The van der Waals surface area contributed by atoms with E-state index in [-0.39, 0.29) is 21.9 Å². The van der Waals surface area contributed by atoms with Crippen molar-refractivity contribution in [2.75, 3.05) is 17.7 Å². The Hall–Kier alpha value is -2.35. The number of amides is 1. The van der Waals surface area contributed by atoms with Crippen LogP contribution in [0.1, 0.15) is 28.4 Å². The second-order valence-corrected chi connectivity index (χ2v) is 8.06. The molecule has 8 heteroatoms. The normalized spacial score (nSPS) is 12.1. The van der Waals surface area contributed by atoms with E-state index in [4.69, 9.17) is 0 Å². The van der Waals surface area contributed by atoms with Gasteiger partial charge in [-0.25, -0.2) is 8.42 Å². The summed E-state index contributed by atoms with van der Waals surface area (Å²) in [5, 5.41) is 0. The van der Waals surface area contributed by atoms with Crippen LogP contribution in [0.2, 0.25) is 0 Å². The first kappa shape index (κ1) is 20.0. The number of aryl methyl sites for hydroxylation is 1. The van der Waals surface area contributed by atoms with Crippen molar-refractivity contribution in [1.29, 1.82) is 0 Å². The number of carbonyl (C=O) groups is 1. The first-order valence-corrected chi connectivity index (χ1v) is 9.41. The van der Waals surface area contributed by atoms with Crippen molar-refractivity contribution >= 4 is 21.4 Å². The molecule has 2 aromatic carbocycles. The number of carbonyl (C=O) groups excluding carboxylic acids is 1. The average molecular weight is 385 g/mol. The number of benzene rings is 2. The highest BCUT2D eigenvalue weighted by molar-refractivity contribution is 7.91. The third-order valence-corrected chi connectivity index (χ3v) is 5.74. The van der Waals surface area contributed by atoms with E-state index in [1.54, 1.807) is 13.0 Å². The van der Waals surface area contributed by atoms with Crippen molar-refractivity contribution in [2.24, 2.45) is 0 Å². The SMILES string of the molecule is CCS(=O)(=O)c1cc(C)ccc1C(=O)N(C)c1ccc(C(F)(F)F)cc1. The quantitative estimate of drug-likeness (QED) is 0.797. The van der Waals surface area contributed by atoms with E-state index in [0.29, 0.717) is 5.56 Å². The molecule has 4 nitrogen and oxygen atoms in total. The molecule has 140 valence electrons. The average Bonchev–Trinajstić information content (AvgIpc) is 2.59. The number of alkyl halides is 3. The summed E-state index contributed by atoms with van der Waals surface area (Å²) in [6.45, 7) is 3.19. The number of nitrogens with zero attached hydrogens (tertiary/aromatic N) is 1. The Balaban J connectivity index is 2.43. The van der Waals surface area contributed by atoms with Crippen molar-refractivity contribution in [3.8, 4) is 0 Å². The molecule has 0 spiro atoms. The van der Waals surface area contributed by atoms with E-state index < -0.39 is 27.5 Å². The number of halogens is 3. The summed E-state index contributed by atoms with van der Waals surface area (Å²) in [6, 6.07) is 8.54. The molecule has 0 N–H and O–H groups in total. The van der Waals surface area contributed by atoms with Gasteiger partial charge < -0.3 is 4.90 Å². The summed E-state index contributed by atoms with van der Waals surface area (Å²) < 4.78 is 62.6. The molecule has 0 saturated carbocycles. The summed E-state index contributed by atoms with van der Waals surface area (Å²) in [7, 11) is -2.25. The summed E-state index contributed by atoms with van der Waals surface area (Å²) in [4.78, 5) is 13.8. The standard InChI is InChI=1S/C18H18F3NO3S/c1-4-26(24,25)16-11-12(2)5-10-15(16)17(23)22(3)14-8-6-13(7-9-14)18(19,20)21/h5-11H,4H2,1-3H3. The molecular weight excluding hydrogens is 367 g/mol. The smallest absolute Gasteiger partial charge is 0.311 e. The van der Waals surface area contributed by atoms with Crippen LogP contribution in [-0.4, -0.2) is 27.1 Å². The predicted octanol–water partition coefficient (Wildman–Crippen LogP) is 4.08. The van der Waals surface area contributed by atoms with Crippen LogP contribution in [0.4, 0.5) is 18.9 Å². The molecule has 2 aromatic rings. The highest BCUT2D eigenvalue weighted by atomic mass is 32.2. The van der Waals surface area contributed by atoms with Gasteiger partial charge in [-0.3, -0.25) is 4.79 Å². The maximum Gasteiger partial charge on any atom is 0.416 e. The van der Waals surface area contributed by atoms with Crippen molar-refractivity contribution in [3.05, 3.63) is 59.2 Å². The van der Waals surface area contributed by atoms with E-state index in [9.17, 15) is 26.4 Å². The Kier molecular flexibility index (Phi) is 5.46. The van der Waals surface area contributed by atoms with E-state index >= 15 is 0 Å². The second kappa shape index (κ2) is 7.11. The maximum atomic E-state index is 12.8. The zero-order chi connectivity index (χ0) is 19.7. The molecule has 0 unspecified atom stereocenters. The molecule has 0 aliphatic carbocycles. The number of sulfone groups is 1. The fraction of sp³-hybridized carbons (Fsp3) is 0.278. The van der Waals surface area contributed by atoms with Crippen LogP contribution in [0.15, 0.2) is 47.4 Å². The van der Waals surface area contributed by atoms with Crippen molar-refractivity contribution < 1.29 is 26.4 Å². The lowest BCUT2D eigenvalue weighted by molar-refractivity contribution is -0.137. The fourth-order valence-corrected chi connectivity index (χ4v) is 3.56. The monoisotopic (exact) mass is 385 g/mol. The third kappa shape index (κ3) is 4.07. The summed E-state index contributed by atoms with van der Waals surface area (Å²) >= 11 is 0. The Morgan fingerprint density at radius 1 is 1.08 bits per heavy atom. The van der Waals surface area contributed by atoms with Crippen LogP contribution in [0.25, 0.3) is 0 Å². The van der Waals surface area contributed by atoms with Gasteiger partial charge in [0.2, 0.25) is 0 Å². The molecule has 2 rings (SSSR count). The second-order valence-electron chi connectivity index (χ2n) is 5.81. The van der Waals surface area contributed by atoms with Crippen LogP contribution in [0.5, 0.6) is 0 Å². The van der Waals surface area contributed by atoms with Gasteiger partial charge in [-0.2, -0.15) is 13.2 Å². The van der Waals surface area contributed by atoms with Gasteiger partial charge in [0.05, 0.1) is 21.8 Å². The number of anilines is 1. The number of hydrogen-bond donors (Lipinski definition) is 0. The minimum Gasteiger partial charge on any atom is -0.311 e. The Labute approximate surface area is 150 Å². The molecule has 26 heavy (non-hydrogen) atoms. The molecule has 0 saturated heterocycles. The molecule has 0 radical (unpaired) electrons. The lowest BCUT2D eigenvalue weighted by atomic mass is 10.1. The first-order chi connectivity index (χ1) is 12.0. The number of hydrogen-bond acceptors (Lipinski definition) is 3. The van der Waals surface area contributed by atoms with E-state index in [0.717, 1.165) is 17.0 Å². The molecule has 1 amide bonds. The fourth-order valence-electron chi connectivity index (χ4n) is 2.39. The highest BCUT2D eigenvalue weighted by Gasteiger charge is 2.30. The van der Waals surface area contributed by atoms with Gasteiger partial charge in [0, 0.05) is 12.7 Å². The van der Waals surface area contributed by atoms with Crippen LogP contribution in [-0.2, 0) is 16.0 Å². The minimum absolute atomic E-state index is 0.0140. The van der Waals surface area contributed by atoms with Crippen LogP contribution in [0, 0.1) is 6.92 Å². The minimum atomic E-state index is -4.47. The molecule has 0 aliphatic rings. The summed E-state index contributed by atoms with van der Waals surface area (Å²) in [6.07, 6.45) is -4.47. The summed E-state index contributed by atoms with van der Waals surface area (Å²) in [5.41, 5.74) is 0.0701. The van der Waals surface area contributed by atoms with E-state index in [1.807, 2.05) is 0 Å². The van der Waals surface area contributed by atoms with Crippen LogP contribution >= 0.6 is 0 Å². The Bertz CT molecular complexity index is 920. The lowest BCUT2D eigenvalue weighted by Gasteiger charge is -2.20. The van der Waals surface area contributed by atoms with Crippen molar-refractivity contribution in [1.82, 2.24) is 0 Å². The predicted molar refractivity (Wildman–Crippen MR) is 93.1 cm³/mol. The first-order valence-electron chi connectivity index (χ1n) is 7.76. The molecule has 0 bridgehead atoms. The van der Waals surface area contributed by atoms with Crippen LogP contribution in [0.3, 0.4) is 0 Å². The molecular formula is C18H18F3NO3S. The molecule has 0 fully saturated rings. The van der Waals surface area contributed by atoms with E-state index in [2.05, 4.69) is 0 Å². The van der Waals surface area contributed by atoms with Crippen molar-refractivity contribution in [3.63, 3.8) is 0 Å². The van der Waals surface area contributed by atoms with Gasteiger partial charge in [0.25, 0.3) is 5.91 Å². The van der Waals surface area contributed by atoms with Gasteiger partial charge >= 0.3 is 6.18 Å². The topological polar surface area (TPSA) is 54.5 Å². The Morgan fingerprint density at radius 3 is 2.15 bits per heavy atom. The summed E-state index contributed by atoms with van der Waals surface area (Å²) in [5.74, 6) is -0.780.